The van der Waals surface area contributed by atoms with E-state index < -0.39 is 0 Å². The smallest absolute Gasteiger partial charge is 0.0761 e. The molecule has 0 bridgehead atoms. The van der Waals surface area contributed by atoms with Crippen LogP contribution in [0.3, 0.4) is 0 Å². The number of benzene rings is 1. The minimum atomic E-state index is -0.334. The molecule has 0 saturated heterocycles. The highest BCUT2D eigenvalue weighted by Gasteiger charge is 2.25. The Labute approximate surface area is 92.3 Å². The Morgan fingerprint density at radius 1 is 1.27 bits per heavy atom. The molecule has 0 heterocycles. The maximum atomic E-state index is 9.84. The molecule has 1 aromatic carbocycles. The second-order valence-corrected chi connectivity index (χ2v) is 4.64. The summed E-state index contributed by atoms with van der Waals surface area (Å²) >= 11 is 0. The average molecular weight is 207 g/mol. The third kappa shape index (κ3) is 3.24. The zero-order valence-electron chi connectivity index (χ0n) is 10.0. The van der Waals surface area contributed by atoms with E-state index in [1.807, 2.05) is 32.9 Å². The van der Waals surface area contributed by atoms with Crippen molar-refractivity contribution >= 4 is 5.69 Å². The van der Waals surface area contributed by atoms with Crippen LogP contribution in [0.2, 0.25) is 0 Å². The number of aryl methyl sites for hydroxylation is 1. The van der Waals surface area contributed by atoms with Crippen molar-refractivity contribution in [3.63, 3.8) is 0 Å². The lowest BCUT2D eigenvalue weighted by atomic mass is 9.95. The maximum Gasteiger partial charge on any atom is 0.0761 e. The van der Waals surface area contributed by atoms with Crippen LogP contribution in [0.15, 0.2) is 24.3 Å². The van der Waals surface area contributed by atoms with Gasteiger partial charge < -0.3 is 10.4 Å². The van der Waals surface area contributed by atoms with Crippen molar-refractivity contribution in [1.82, 2.24) is 0 Å². The molecule has 0 amide bonds. The van der Waals surface area contributed by atoms with Gasteiger partial charge >= 0.3 is 0 Å². The molecule has 2 N–H and O–H groups in total. The standard InChI is InChI=1S/C13H21NO/c1-5-12(15)13(3,4)14-11-8-6-10(2)7-9-11/h6-9,12,14-15H,5H2,1-4H3. The van der Waals surface area contributed by atoms with Gasteiger partial charge in [-0.15, -0.1) is 0 Å². The predicted octanol–water partition coefficient (Wildman–Crippen LogP) is 2.96. The Morgan fingerprint density at radius 3 is 2.27 bits per heavy atom. The summed E-state index contributed by atoms with van der Waals surface area (Å²) in [5, 5.41) is 13.2. The van der Waals surface area contributed by atoms with Crippen molar-refractivity contribution in [2.24, 2.45) is 0 Å². The first-order chi connectivity index (χ1) is 6.95. The van der Waals surface area contributed by atoms with Gasteiger partial charge in [0.1, 0.15) is 0 Å². The summed E-state index contributed by atoms with van der Waals surface area (Å²) in [5.41, 5.74) is 2.01. The van der Waals surface area contributed by atoms with Crippen molar-refractivity contribution in [1.29, 1.82) is 0 Å². The fraction of sp³-hybridized carbons (Fsp3) is 0.538. The number of aliphatic hydroxyl groups is 1. The third-order valence-electron chi connectivity index (χ3n) is 2.74. The highest BCUT2D eigenvalue weighted by molar-refractivity contribution is 5.46. The van der Waals surface area contributed by atoms with Crippen LogP contribution in [0.1, 0.15) is 32.8 Å². The number of hydrogen-bond donors (Lipinski definition) is 2. The molecule has 15 heavy (non-hydrogen) atoms. The summed E-state index contributed by atoms with van der Waals surface area (Å²) in [7, 11) is 0. The number of anilines is 1. The lowest BCUT2D eigenvalue weighted by Crippen LogP contribution is -2.43. The van der Waals surface area contributed by atoms with E-state index in [0.29, 0.717) is 0 Å². The number of nitrogens with one attached hydrogen (secondary N) is 1. The summed E-state index contributed by atoms with van der Waals surface area (Å²) in [6.07, 6.45) is 0.421. The highest BCUT2D eigenvalue weighted by Crippen LogP contribution is 2.20. The van der Waals surface area contributed by atoms with Crippen LogP contribution in [0, 0.1) is 6.92 Å². The summed E-state index contributed by atoms with van der Waals surface area (Å²) < 4.78 is 0. The number of hydrogen-bond acceptors (Lipinski definition) is 2. The molecule has 1 rings (SSSR count). The van der Waals surface area contributed by atoms with Crippen LogP contribution < -0.4 is 5.32 Å². The topological polar surface area (TPSA) is 32.3 Å². The van der Waals surface area contributed by atoms with Crippen molar-refractivity contribution < 1.29 is 5.11 Å². The first kappa shape index (κ1) is 12.1. The quantitative estimate of drug-likeness (QED) is 0.795. The van der Waals surface area contributed by atoms with Gasteiger partial charge in [0.15, 0.2) is 0 Å². The molecule has 0 aliphatic rings. The Hall–Kier alpha value is -1.02. The van der Waals surface area contributed by atoms with Gasteiger partial charge in [-0.1, -0.05) is 24.6 Å². The largest absolute Gasteiger partial charge is 0.391 e. The fourth-order valence-corrected chi connectivity index (χ4v) is 1.60. The van der Waals surface area contributed by atoms with Crippen LogP contribution in [0.4, 0.5) is 5.69 Å². The van der Waals surface area contributed by atoms with E-state index in [1.165, 1.54) is 5.56 Å². The van der Waals surface area contributed by atoms with Crippen molar-refractivity contribution in [3.05, 3.63) is 29.8 Å². The van der Waals surface area contributed by atoms with Gasteiger partial charge in [0.2, 0.25) is 0 Å². The monoisotopic (exact) mass is 207 g/mol. The van der Waals surface area contributed by atoms with Gasteiger partial charge in [-0.2, -0.15) is 0 Å². The number of aliphatic hydroxyl groups excluding tert-OH is 1. The molecule has 1 aromatic rings. The molecule has 2 heteroatoms. The Balaban J connectivity index is 2.72. The van der Waals surface area contributed by atoms with Crippen molar-refractivity contribution in [3.8, 4) is 0 Å². The lowest BCUT2D eigenvalue weighted by Gasteiger charge is -2.32. The second-order valence-electron chi connectivity index (χ2n) is 4.64. The van der Waals surface area contributed by atoms with E-state index in [0.717, 1.165) is 12.1 Å². The predicted molar refractivity (Wildman–Crippen MR) is 65.2 cm³/mol. The molecular formula is C13H21NO. The van der Waals surface area contributed by atoms with Crippen LogP contribution in [-0.4, -0.2) is 16.7 Å². The second kappa shape index (κ2) is 4.67. The van der Waals surface area contributed by atoms with E-state index in [2.05, 4.69) is 24.4 Å². The molecule has 0 saturated carbocycles. The van der Waals surface area contributed by atoms with Crippen molar-refractivity contribution in [2.45, 2.75) is 45.8 Å². The molecule has 0 radical (unpaired) electrons. The van der Waals surface area contributed by atoms with Gasteiger partial charge in [-0.3, -0.25) is 0 Å². The van der Waals surface area contributed by atoms with E-state index >= 15 is 0 Å². The number of rotatable bonds is 4. The maximum absolute atomic E-state index is 9.84. The van der Waals surface area contributed by atoms with Gasteiger partial charge in [0, 0.05) is 5.69 Å². The molecule has 0 aromatic heterocycles. The summed E-state index contributed by atoms with van der Waals surface area (Å²) in [6.45, 7) is 8.08. The minimum Gasteiger partial charge on any atom is -0.391 e. The van der Waals surface area contributed by atoms with E-state index in [-0.39, 0.29) is 11.6 Å². The van der Waals surface area contributed by atoms with Crippen molar-refractivity contribution in [2.75, 3.05) is 5.32 Å². The van der Waals surface area contributed by atoms with Gasteiger partial charge in [-0.25, -0.2) is 0 Å². The third-order valence-corrected chi connectivity index (χ3v) is 2.74. The molecule has 84 valence electrons. The van der Waals surface area contributed by atoms with Gasteiger partial charge in [0.05, 0.1) is 11.6 Å². The Kier molecular flexibility index (Phi) is 3.75. The highest BCUT2D eigenvalue weighted by atomic mass is 16.3. The lowest BCUT2D eigenvalue weighted by molar-refractivity contribution is 0.111. The fourth-order valence-electron chi connectivity index (χ4n) is 1.60. The normalized spacial score (nSPS) is 13.7. The Morgan fingerprint density at radius 2 is 1.80 bits per heavy atom. The molecular weight excluding hydrogens is 186 g/mol. The van der Waals surface area contributed by atoms with Crippen LogP contribution in [0.5, 0.6) is 0 Å². The molecule has 0 aliphatic carbocycles. The first-order valence-corrected chi connectivity index (χ1v) is 5.48. The summed E-state index contributed by atoms with van der Waals surface area (Å²) in [5.74, 6) is 0. The first-order valence-electron chi connectivity index (χ1n) is 5.48. The van der Waals surface area contributed by atoms with Gasteiger partial charge in [0.25, 0.3) is 0 Å². The van der Waals surface area contributed by atoms with Crippen LogP contribution >= 0.6 is 0 Å². The van der Waals surface area contributed by atoms with E-state index in [9.17, 15) is 5.11 Å². The summed E-state index contributed by atoms with van der Waals surface area (Å²) in [6, 6.07) is 8.21. The zero-order valence-corrected chi connectivity index (χ0v) is 10.0. The molecule has 0 aliphatic heterocycles. The van der Waals surface area contributed by atoms with E-state index in [4.69, 9.17) is 0 Å². The molecule has 2 nitrogen and oxygen atoms in total. The average Bonchev–Trinajstić information content (AvgIpc) is 2.20. The molecule has 1 unspecified atom stereocenters. The Bertz CT molecular complexity index is 303. The molecule has 0 spiro atoms. The SMILES string of the molecule is CCC(O)C(C)(C)Nc1ccc(C)cc1. The van der Waals surface area contributed by atoms with Crippen LogP contribution in [-0.2, 0) is 0 Å². The zero-order chi connectivity index (χ0) is 11.5. The minimum absolute atomic E-state index is 0.288. The van der Waals surface area contributed by atoms with Gasteiger partial charge in [-0.05, 0) is 39.3 Å². The molecule has 1 atom stereocenters. The van der Waals surface area contributed by atoms with E-state index in [1.54, 1.807) is 0 Å². The van der Waals surface area contributed by atoms with Crippen LogP contribution in [0.25, 0.3) is 0 Å². The summed E-state index contributed by atoms with van der Waals surface area (Å²) in [4.78, 5) is 0. The molecule has 0 fully saturated rings.